The molecule has 1 aromatic rings. The van der Waals surface area contributed by atoms with Crippen molar-refractivity contribution in [3.8, 4) is 5.75 Å². The number of ether oxygens (including phenoxy) is 2. The van der Waals surface area contributed by atoms with Crippen molar-refractivity contribution in [1.29, 1.82) is 0 Å². The number of rotatable bonds is 4. The number of urea groups is 1. The first kappa shape index (κ1) is 19.0. The highest BCUT2D eigenvalue weighted by molar-refractivity contribution is 5.74. The molecule has 26 heavy (non-hydrogen) atoms. The van der Waals surface area contributed by atoms with Gasteiger partial charge in [0, 0.05) is 32.2 Å². The van der Waals surface area contributed by atoms with Crippen LogP contribution in [0.4, 0.5) is 4.79 Å². The van der Waals surface area contributed by atoms with Gasteiger partial charge in [0.2, 0.25) is 0 Å². The van der Waals surface area contributed by atoms with Crippen molar-refractivity contribution in [3.63, 3.8) is 0 Å². The highest BCUT2D eigenvalue weighted by atomic mass is 16.5. The van der Waals surface area contributed by atoms with E-state index in [1.807, 2.05) is 30.9 Å². The molecule has 0 saturated carbocycles. The molecule has 0 aromatic heterocycles. The van der Waals surface area contributed by atoms with Crippen molar-refractivity contribution in [2.75, 3.05) is 46.5 Å². The molecule has 1 atom stereocenters. The van der Waals surface area contributed by atoms with Crippen LogP contribution < -0.4 is 10.1 Å². The third kappa shape index (κ3) is 4.48. The minimum absolute atomic E-state index is 0.0240. The van der Waals surface area contributed by atoms with Crippen molar-refractivity contribution < 1.29 is 14.3 Å². The fourth-order valence-corrected chi connectivity index (χ4v) is 3.91. The summed E-state index contributed by atoms with van der Waals surface area (Å²) in [5, 5.41) is 3.14. The molecule has 2 fully saturated rings. The molecule has 0 spiro atoms. The van der Waals surface area contributed by atoms with Crippen molar-refractivity contribution in [2.45, 2.75) is 38.8 Å². The summed E-state index contributed by atoms with van der Waals surface area (Å²) in [6.45, 7) is 9.39. The van der Waals surface area contributed by atoms with Crippen molar-refractivity contribution in [1.82, 2.24) is 15.1 Å². The zero-order valence-electron chi connectivity index (χ0n) is 16.2. The van der Waals surface area contributed by atoms with E-state index >= 15 is 0 Å². The number of carbonyl (C=O) groups is 1. The Bertz CT molecular complexity index is 608. The minimum Gasteiger partial charge on any atom is -0.496 e. The van der Waals surface area contributed by atoms with Crippen LogP contribution in [0.3, 0.4) is 0 Å². The van der Waals surface area contributed by atoms with E-state index in [0.29, 0.717) is 6.04 Å². The van der Waals surface area contributed by atoms with Crippen LogP contribution >= 0.6 is 0 Å². The number of nitrogens with zero attached hydrogens (tertiary/aromatic N) is 2. The van der Waals surface area contributed by atoms with E-state index in [4.69, 9.17) is 9.47 Å². The number of carbonyl (C=O) groups excluding carboxylic acids is 1. The summed E-state index contributed by atoms with van der Waals surface area (Å²) >= 11 is 0. The Morgan fingerprint density at radius 2 is 1.92 bits per heavy atom. The van der Waals surface area contributed by atoms with Gasteiger partial charge in [-0.25, -0.2) is 4.79 Å². The lowest BCUT2D eigenvalue weighted by Gasteiger charge is -2.40. The molecule has 2 heterocycles. The quantitative estimate of drug-likeness (QED) is 0.896. The molecule has 0 bridgehead atoms. The van der Waals surface area contributed by atoms with Gasteiger partial charge < -0.3 is 19.7 Å². The molecule has 1 N–H and O–H groups in total. The topological polar surface area (TPSA) is 54.0 Å². The lowest BCUT2D eigenvalue weighted by molar-refractivity contribution is 0.00374. The maximum atomic E-state index is 12.6. The second kappa shape index (κ2) is 8.73. The number of aryl methyl sites for hydroxylation is 1. The summed E-state index contributed by atoms with van der Waals surface area (Å²) in [7, 11) is 1.67. The van der Waals surface area contributed by atoms with Crippen LogP contribution in [0.5, 0.6) is 5.75 Å². The first-order valence-electron chi connectivity index (χ1n) is 9.60. The average molecular weight is 361 g/mol. The maximum Gasteiger partial charge on any atom is 0.317 e. The number of hydrogen-bond donors (Lipinski definition) is 1. The number of benzene rings is 1. The molecule has 2 amide bonds. The zero-order chi connectivity index (χ0) is 18.5. The van der Waals surface area contributed by atoms with Crippen molar-refractivity contribution >= 4 is 6.03 Å². The predicted molar refractivity (Wildman–Crippen MR) is 102 cm³/mol. The summed E-state index contributed by atoms with van der Waals surface area (Å²) in [4.78, 5) is 17.1. The smallest absolute Gasteiger partial charge is 0.317 e. The Morgan fingerprint density at radius 1 is 1.23 bits per heavy atom. The molecule has 2 aliphatic heterocycles. The number of likely N-dealkylation sites (tertiary alicyclic amines) is 1. The number of amides is 2. The maximum absolute atomic E-state index is 12.6. The van der Waals surface area contributed by atoms with Crippen molar-refractivity contribution in [2.24, 2.45) is 0 Å². The van der Waals surface area contributed by atoms with Crippen LogP contribution in [0.1, 0.15) is 36.9 Å². The highest BCUT2D eigenvalue weighted by Crippen LogP contribution is 2.23. The summed E-state index contributed by atoms with van der Waals surface area (Å²) in [6.07, 6.45) is 2.09. The molecule has 6 nitrogen and oxygen atoms in total. The number of methoxy groups -OCH3 is 1. The summed E-state index contributed by atoms with van der Waals surface area (Å²) < 4.78 is 10.7. The second-order valence-electron chi connectivity index (χ2n) is 7.27. The minimum atomic E-state index is -0.0240. The lowest BCUT2D eigenvalue weighted by atomic mass is 10.0. The second-order valence-corrected chi connectivity index (χ2v) is 7.27. The molecule has 1 aromatic carbocycles. The molecular formula is C20H31N3O3. The zero-order valence-corrected chi connectivity index (χ0v) is 16.2. The number of morpholine rings is 1. The molecule has 0 radical (unpaired) electrons. The van der Waals surface area contributed by atoms with E-state index in [1.54, 1.807) is 7.11 Å². The molecule has 144 valence electrons. The Hall–Kier alpha value is -1.79. The molecular weight excluding hydrogens is 330 g/mol. The fourth-order valence-electron chi connectivity index (χ4n) is 3.91. The predicted octanol–water partition coefficient (Wildman–Crippen LogP) is 2.57. The fraction of sp³-hybridized carbons (Fsp3) is 0.650. The van der Waals surface area contributed by atoms with E-state index in [0.717, 1.165) is 69.1 Å². The van der Waals surface area contributed by atoms with E-state index in [1.165, 1.54) is 0 Å². The largest absolute Gasteiger partial charge is 0.496 e. The Kier molecular flexibility index (Phi) is 6.38. The van der Waals surface area contributed by atoms with E-state index in [9.17, 15) is 4.79 Å². The van der Waals surface area contributed by atoms with Crippen LogP contribution in [0.15, 0.2) is 18.2 Å². The molecule has 2 aliphatic rings. The van der Waals surface area contributed by atoms with E-state index in [-0.39, 0.29) is 12.1 Å². The molecule has 3 rings (SSSR count). The highest BCUT2D eigenvalue weighted by Gasteiger charge is 2.28. The molecule has 2 saturated heterocycles. The standard InChI is InChI=1S/C20H31N3O3/c1-15-14-17(4-5-19(15)25-3)16(2)21-20(24)23-8-6-18(7-9-23)22-10-12-26-13-11-22/h4-5,14,16,18H,6-13H2,1-3H3,(H,21,24)/t16-/m0/s1. The van der Waals surface area contributed by atoms with Crippen LogP contribution in [-0.4, -0.2) is 68.4 Å². The third-order valence-corrected chi connectivity index (χ3v) is 5.57. The van der Waals surface area contributed by atoms with Gasteiger partial charge in [0.05, 0.1) is 26.4 Å². The number of piperidine rings is 1. The normalized spacial score (nSPS) is 20.7. The average Bonchev–Trinajstić information content (AvgIpc) is 2.68. The Labute approximate surface area is 156 Å². The Balaban J connectivity index is 1.50. The van der Waals surface area contributed by atoms with Gasteiger partial charge in [-0.1, -0.05) is 12.1 Å². The van der Waals surface area contributed by atoms with Gasteiger partial charge in [0.15, 0.2) is 0 Å². The monoisotopic (exact) mass is 361 g/mol. The summed E-state index contributed by atoms with van der Waals surface area (Å²) in [5.41, 5.74) is 2.18. The molecule has 0 unspecified atom stereocenters. The first-order valence-corrected chi connectivity index (χ1v) is 9.60. The van der Waals surface area contributed by atoms with Crippen LogP contribution in [0.2, 0.25) is 0 Å². The summed E-state index contributed by atoms with van der Waals surface area (Å²) in [5.74, 6) is 0.873. The van der Waals surface area contributed by atoms with Crippen LogP contribution in [-0.2, 0) is 4.74 Å². The van der Waals surface area contributed by atoms with Gasteiger partial charge in [0.25, 0.3) is 0 Å². The number of nitrogens with one attached hydrogen (secondary N) is 1. The van der Waals surface area contributed by atoms with Gasteiger partial charge in [0.1, 0.15) is 5.75 Å². The van der Waals surface area contributed by atoms with Crippen molar-refractivity contribution in [3.05, 3.63) is 29.3 Å². The van der Waals surface area contributed by atoms with Gasteiger partial charge in [-0.2, -0.15) is 0 Å². The first-order chi connectivity index (χ1) is 12.6. The van der Waals surface area contributed by atoms with Gasteiger partial charge in [-0.05, 0) is 43.9 Å². The summed E-state index contributed by atoms with van der Waals surface area (Å²) in [6, 6.07) is 6.65. The van der Waals surface area contributed by atoms with Gasteiger partial charge >= 0.3 is 6.03 Å². The Morgan fingerprint density at radius 3 is 2.54 bits per heavy atom. The third-order valence-electron chi connectivity index (χ3n) is 5.57. The molecule has 6 heteroatoms. The van der Waals surface area contributed by atoms with E-state index in [2.05, 4.69) is 16.3 Å². The SMILES string of the molecule is COc1ccc([C@H](C)NC(=O)N2CCC(N3CCOCC3)CC2)cc1C. The van der Waals surface area contributed by atoms with Crippen LogP contribution in [0.25, 0.3) is 0 Å². The van der Waals surface area contributed by atoms with Crippen LogP contribution in [0, 0.1) is 6.92 Å². The number of hydrogen-bond acceptors (Lipinski definition) is 4. The lowest BCUT2D eigenvalue weighted by Crippen LogP contribution is -2.52. The van der Waals surface area contributed by atoms with Gasteiger partial charge in [-0.15, -0.1) is 0 Å². The van der Waals surface area contributed by atoms with E-state index < -0.39 is 0 Å². The van der Waals surface area contributed by atoms with Gasteiger partial charge in [-0.3, -0.25) is 4.90 Å². The molecule has 0 aliphatic carbocycles.